The molecule has 2 aromatic carbocycles. The summed E-state index contributed by atoms with van der Waals surface area (Å²) in [6, 6.07) is 11.2. The SMILES string of the molecule is C=CCc1cc(C(=O)O)cc2ccccc12. The highest BCUT2D eigenvalue weighted by Gasteiger charge is 2.07. The fourth-order valence-corrected chi connectivity index (χ4v) is 1.84. The van der Waals surface area contributed by atoms with Crippen molar-refractivity contribution in [3.05, 3.63) is 60.2 Å². The van der Waals surface area contributed by atoms with Crippen molar-refractivity contribution in [1.29, 1.82) is 0 Å². The zero-order valence-corrected chi connectivity index (χ0v) is 8.81. The van der Waals surface area contributed by atoms with Crippen LogP contribution in [0.15, 0.2) is 49.1 Å². The Balaban J connectivity index is 2.72. The molecule has 0 heterocycles. The third-order valence-corrected chi connectivity index (χ3v) is 2.56. The number of aromatic carboxylic acids is 1. The summed E-state index contributed by atoms with van der Waals surface area (Å²) >= 11 is 0. The second kappa shape index (κ2) is 4.19. The van der Waals surface area contributed by atoms with Crippen molar-refractivity contribution in [2.24, 2.45) is 0 Å². The highest BCUT2D eigenvalue weighted by molar-refractivity contribution is 5.96. The van der Waals surface area contributed by atoms with Gasteiger partial charge in [-0.1, -0.05) is 30.3 Å². The van der Waals surface area contributed by atoms with Crippen LogP contribution in [-0.4, -0.2) is 11.1 Å². The Morgan fingerprint density at radius 1 is 1.31 bits per heavy atom. The maximum absolute atomic E-state index is 11.0. The number of rotatable bonds is 3. The van der Waals surface area contributed by atoms with Crippen LogP contribution >= 0.6 is 0 Å². The van der Waals surface area contributed by atoms with E-state index in [1.54, 1.807) is 18.2 Å². The van der Waals surface area contributed by atoms with E-state index in [4.69, 9.17) is 5.11 Å². The summed E-state index contributed by atoms with van der Waals surface area (Å²) in [6.07, 6.45) is 2.47. The molecule has 0 unspecified atom stereocenters. The van der Waals surface area contributed by atoms with Crippen molar-refractivity contribution in [2.75, 3.05) is 0 Å². The van der Waals surface area contributed by atoms with E-state index in [0.29, 0.717) is 12.0 Å². The highest BCUT2D eigenvalue weighted by atomic mass is 16.4. The Hall–Kier alpha value is -2.09. The average molecular weight is 212 g/mol. The van der Waals surface area contributed by atoms with Gasteiger partial charge in [0, 0.05) is 0 Å². The topological polar surface area (TPSA) is 37.3 Å². The lowest BCUT2D eigenvalue weighted by molar-refractivity contribution is 0.0697. The minimum atomic E-state index is -0.893. The highest BCUT2D eigenvalue weighted by Crippen LogP contribution is 2.21. The van der Waals surface area contributed by atoms with Gasteiger partial charge in [0.25, 0.3) is 0 Å². The number of allylic oxidation sites excluding steroid dienone is 1. The summed E-state index contributed by atoms with van der Waals surface area (Å²) in [5.41, 5.74) is 1.33. The van der Waals surface area contributed by atoms with Crippen LogP contribution in [0.5, 0.6) is 0 Å². The summed E-state index contributed by atoms with van der Waals surface area (Å²) in [4.78, 5) is 11.0. The van der Waals surface area contributed by atoms with Crippen molar-refractivity contribution in [3.8, 4) is 0 Å². The molecule has 0 saturated carbocycles. The molecule has 0 aliphatic rings. The first-order valence-corrected chi connectivity index (χ1v) is 5.08. The molecule has 16 heavy (non-hydrogen) atoms. The van der Waals surface area contributed by atoms with Gasteiger partial charge in [0.1, 0.15) is 0 Å². The molecular weight excluding hydrogens is 200 g/mol. The van der Waals surface area contributed by atoms with Gasteiger partial charge < -0.3 is 5.11 Å². The summed E-state index contributed by atoms with van der Waals surface area (Å²) in [6.45, 7) is 3.69. The van der Waals surface area contributed by atoms with Crippen LogP contribution in [-0.2, 0) is 6.42 Å². The van der Waals surface area contributed by atoms with E-state index < -0.39 is 5.97 Å². The molecule has 0 amide bonds. The van der Waals surface area contributed by atoms with Crippen molar-refractivity contribution < 1.29 is 9.90 Å². The molecule has 2 rings (SSSR count). The van der Waals surface area contributed by atoms with Crippen molar-refractivity contribution in [3.63, 3.8) is 0 Å². The second-order valence-electron chi connectivity index (χ2n) is 3.65. The van der Waals surface area contributed by atoms with E-state index in [-0.39, 0.29) is 0 Å². The Labute approximate surface area is 93.8 Å². The Morgan fingerprint density at radius 2 is 2.06 bits per heavy atom. The fourth-order valence-electron chi connectivity index (χ4n) is 1.84. The molecule has 2 nitrogen and oxygen atoms in total. The summed E-state index contributed by atoms with van der Waals surface area (Å²) < 4.78 is 0. The van der Waals surface area contributed by atoms with Gasteiger partial charge in [-0.3, -0.25) is 0 Å². The van der Waals surface area contributed by atoms with Crippen molar-refractivity contribution >= 4 is 16.7 Å². The van der Waals surface area contributed by atoms with Crippen LogP contribution in [0.25, 0.3) is 10.8 Å². The maximum atomic E-state index is 11.0. The lowest BCUT2D eigenvalue weighted by Crippen LogP contribution is -1.98. The Kier molecular flexibility index (Phi) is 2.73. The van der Waals surface area contributed by atoms with Crippen LogP contribution in [0.1, 0.15) is 15.9 Å². The maximum Gasteiger partial charge on any atom is 0.335 e. The standard InChI is InChI=1S/C14H12O2/c1-2-5-10-8-12(14(15)16)9-11-6-3-4-7-13(10)11/h2-4,6-9H,1,5H2,(H,15,16). The summed E-state index contributed by atoms with van der Waals surface area (Å²) in [7, 11) is 0. The first kappa shape index (κ1) is 10.4. The van der Waals surface area contributed by atoms with E-state index in [1.807, 2.05) is 24.3 Å². The fraction of sp³-hybridized carbons (Fsp3) is 0.0714. The zero-order valence-electron chi connectivity index (χ0n) is 8.81. The molecule has 0 radical (unpaired) electrons. The van der Waals surface area contributed by atoms with Crippen LogP contribution < -0.4 is 0 Å². The molecule has 0 saturated heterocycles. The van der Waals surface area contributed by atoms with E-state index >= 15 is 0 Å². The number of carbonyl (C=O) groups is 1. The summed E-state index contributed by atoms with van der Waals surface area (Å²) in [5, 5.41) is 11.1. The number of carboxylic acid groups (broad SMARTS) is 1. The van der Waals surface area contributed by atoms with Crippen molar-refractivity contribution in [1.82, 2.24) is 0 Å². The molecule has 2 heteroatoms. The Morgan fingerprint density at radius 3 is 2.75 bits per heavy atom. The Bertz CT molecular complexity index is 556. The molecule has 0 aliphatic heterocycles. The first-order chi connectivity index (χ1) is 7.72. The van der Waals surface area contributed by atoms with E-state index in [1.165, 1.54) is 0 Å². The predicted octanol–water partition coefficient (Wildman–Crippen LogP) is 3.27. The monoisotopic (exact) mass is 212 g/mol. The predicted molar refractivity (Wildman–Crippen MR) is 64.8 cm³/mol. The van der Waals surface area contributed by atoms with E-state index in [0.717, 1.165) is 16.3 Å². The van der Waals surface area contributed by atoms with Gasteiger partial charge in [0.15, 0.2) is 0 Å². The van der Waals surface area contributed by atoms with Gasteiger partial charge >= 0.3 is 5.97 Å². The molecule has 80 valence electrons. The lowest BCUT2D eigenvalue weighted by atomic mass is 9.99. The van der Waals surface area contributed by atoms with E-state index in [2.05, 4.69) is 6.58 Å². The molecule has 0 spiro atoms. The third-order valence-electron chi connectivity index (χ3n) is 2.56. The smallest absolute Gasteiger partial charge is 0.335 e. The number of hydrogen-bond donors (Lipinski definition) is 1. The average Bonchev–Trinajstić information content (AvgIpc) is 2.29. The molecule has 0 bridgehead atoms. The quantitative estimate of drug-likeness (QED) is 0.793. The minimum absolute atomic E-state index is 0.329. The van der Waals surface area contributed by atoms with Crippen LogP contribution in [0, 0.1) is 0 Å². The first-order valence-electron chi connectivity index (χ1n) is 5.08. The molecule has 1 N–H and O–H groups in total. The third kappa shape index (κ3) is 1.82. The molecule has 0 aliphatic carbocycles. The molecule has 0 atom stereocenters. The van der Waals surface area contributed by atoms with Crippen LogP contribution in [0.4, 0.5) is 0 Å². The molecule has 2 aromatic rings. The van der Waals surface area contributed by atoms with Crippen molar-refractivity contribution in [2.45, 2.75) is 6.42 Å². The molecular formula is C14H12O2. The normalized spacial score (nSPS) is 10.2. The largest absolute Gasteiger partial charge is 0.478 e. The van der Waals surface area contributed by atoms with E-state index in [9.17, 15) is 4.79 Å². The van der Waals surface area contributed by atoms with Crippen LogP contribution in [0.2, 0.25) is 0 Å². The molecule has 0 fully saturated rings. The van der Waals surface area contributed by atoms with Gasteiger partial charge in [0.2, 0.25) is 0 Å². The molecule has 0 aromatic heterocycles. The lowest BCUT2D eigenvalue weighted by Gasteiger charge is -2.06. The van der Waals surface area contributed by atoms with Gasteiger partial charge in [0.05, 0.1) is 5.56 Å². The number of hydrogen-bond acceptors (Lipinski definition) is 1. The zero-order chi connectivity index (χ0) is 11.5. The van der Waals surface area contributed by atoms with Gasteiger partial charge in [-0.05, 0) is 34.9 Å². The second-order valence-corrected chi connectivity index (χ2v) is 3.65. The number of benzene rings is 2. The minimum Gasteiger partial charge on any atom is -0.478 e. The van der Waals surface area contributed by atoms with Gasteiger partial charge in [-0.25, -0.2) is 4.79 Å². The number of fused-ring (bicyclic) bond motifs is 1. The van der Waals surface area contributed by atoms with Crippen LogP contribution in [0.3, 0.4) is 0 Å². The summed E-state index contributed by atoms with van der Waals surface area (Å²) in [5.74, 6) is -0.893. The number of carboxylic acids is 1. The van der Waals surface area contributed by atoms with Gasteiger partial charge in [-0.15, -0.1) is 6.58 Å². The van der Waals surface area contributed by atoms with Gasteiger partial charge in [-0.2, -0.15) is 0 Å².